The smallest absolute Gasteiger partial charge is 0.298 e. The first kappa shape index (κ1) is 27.2. The maximum atomic E-state index is 13.6. The van der Waals surface area contributed by atoms with Crippen LogP contribution >= 0.6 is 11.3 Å². The Kier molecular flexibility index (Phi) is 7.17. The van der Waals surface area contributed by atoms with E-state index in [1.54, 1.807) is 37.7 Å². The standard InChI is InChI=1S/C26H27FN8O4S2/c1-15-23(40-25(29-15)30-16(2)36)41(37,38)34-11-8-19(9-12-34)31-24-28-10-7-20(32-24)22-21(17-3-5-18(27)6-4-17)33-26-35(22)13-14-39-26/h3-7,10,13-14,19,21-22H,8-9,11-12H2,1-2H3,(H,28,31,32)(H,29,30,36). The number of carbonyl (C=O) groups excluding carboxylic acids is 1. The van der Waals surface area contributed by atoms with Crippen molar-refractivity contribution >= 4 is 44.4 Å². The zero-order valence-corrected chi connectivity index (χ0v) is 23.8. The third kappa shape index (κ3) is 5.39. The number of anilines is 2. The summed E-state index contributed by atoms with van der Waals surface area (Å²) in [7, 11) is -3.75. The molecule has 0 bridgehead atoms. The highest BCUT2D eigenvalue weighted by Gasteiger charge is 2.41. The van der Waals surface area contributed by atoms with Gasteiger partial charge in [-0.1, -0.05) is 23.5 Å². The van der Waals surface area contributed by atoms with Crippen molar-refractivity contribution < 1.29 is 22.3 Å². The number of aromatic nitrogens is 3. The minimum absolute atomic E-state index is 0.0347. The summed E-state index contributed by atoms with van der Waals surface area (Å²) in [5, 5.41) is 6.18. The lowest BCUT2D eigenvalue weighted by molar-refractivity contribution is -0.114. The Morgan fingerprint density at radius 1 is 1.15 bits per heavy atom. The molecule has 3 aliphatic rings. The van der Waals surface area contributed by atoms with Crippen LogP contribution in [0.1, 0.15) is 48.8 Å². The maximum Gasteiger partial charge on any atom is 0.298 e. The molecule has 3 aromatic rings. The van der Waals surface area contributed by atoms with Crippen molar-refractivity contribution in [3.05, 3.63) is 71.8 Å². The highest BCUT2D eigenvalue weighted by molar-refractivity contribution is 7.91. The van der Waals surface area contributed by atoms with Crippen LogP contribution in [0, 0.1) is 12.7 Å². The molecule has 0 spiro atoms. The Labute approximate surface area is 240 Å². The Bertz CT molecular complexity index is 1640. The van der Waals surface area contributed by atoms with Gasteiger partial charge in [-0.15, -0.1) is 0 Å². The van der Waals surface area contributed by atoms with Gasteiger partial charge in [0, 0.05) is 38.5 Å². The molecule has 0 saturated carbocycles. The molecule has 12 nitrogen and oxygen atoms in total. The lowest BCUT2D eigenvalue weighted by Crippen LogP contribution is -2.42. The number of piperidine rings is 1. The summed E-state index contributed by atoms with van der Waals surface area (Å²) in [6.07, 6.45) is 6.14. The molecule has 2 unspecified atom stereocenters. The number of aliphatic imine (C=N–C) groups is 1. The number of thiazole rings is 1. The Morgan fingerprint density at radius 3 is 2.63 bits per heavy atom. The van der Waals surface area contributed by atoms with E-state index in [1.165, 1.54) is 23.4 Å². The molecule has 0 aliphatic carbocycles. The average molecular weight is 599 g/mol. The Hall–Kier alpha value is -3.95. The SMILES string of the molecule is CC(=O)Nc1nc(C)c(S(=O)(=O)N2CCC(Nc3nccc(C4C(c5ccc(F)cc5)N=C5OC=CN54)n3)CC2)s1. The number of amidine groups is 1. The van der Waals surface area contributed by atoms with Gasteiger partial charge < -0.3 is 15.4 Å². The maximum absolute atomic E-state index is 13.6. The highest BCUT2D eigenvalue weighted by atomic mass is 32.2. The van der Waals surface area contributed by atoms with Crippen molar-refractivity contribution in [1.82, 2.24) is 24.2 Å². The van der Waals surface area contributed by atoms with Crippen molar-refractivity contribution in [1.29, 1.82) is 0 Å². The second-order valence-electron chi connectivity index (χ2n) is 9.86. The summed E-state index contributed by atoms with van der Waals surface area (Å²) in [6.45, 7) is 3.60. The van der Waals surface area contributed by atoms with E-state index in [4.69, 9.17) is 14.7 Å². The number of hydrogen-bond acceptors (Lipinski definition) is 11. The van der Waals surface area contributed by atoms with Crippen LogP contribution in [-0.4, -0.2) is 63.6 Å². The largest absolute Gasteiger partial charge is 0.432 e. The summed E-state index contributed by atoms with van der Waals surface area (Å²) >= 11 is 0.957. The zero-order chi connectivity index (χ0) is 28.7. The van der Waals surface area contributed by atoms with Gasteiger partial charge in [-0.25, -0.2) is 32.8 Å². The van der Waals surface area contributed by atoms with Gasteiger partial charge in [0.25, 0.3) is 16.0 Å². The van der Waals surface area contributed by atoms with Gasteiger partial charge in [-0.3, -0.25) is 9.69 Å². The fourth-order valence-electron chi connectivity index (χ4n) is 5.13. The van der Waals surface area contributed by atoms with E-state index in [-0.39, 0.29) is 39.2 Å². The van der Waals surface area contributed by atoms with Crippen molar-refractivity contribution in [2.75, 3.05) is 23.7 Å². The number of nitrogens with zero attached hydrogens (tertiary/aromatic N) is 6. The summed E-state index contributed by atoms with van der Waals surface area (Å²) in [5.74, 6) is -0.202. The monoisotopic (exact) mass is 598 g/mol. The van der Waals surface area contributed by atoms with Gasteiger partial charge in [-0.05, 0) is 43.5 Å². The van der Waals surface area contributed by atoms with Gasteiger partial charge in [-0.2, -0.15) is 4.31 Å². The lowest BCUT2D eigenvalue weighted by Gasteiger charge is -2.31. The van der Waals surface area contributed by atoms with Gasteiger partial charge in [0.2, 0.25) is 11.9 Å². The predicted molar refractivity (Wildman–Crippen MR) is 150 cm³/mol. The van der Waals surface area contributed by atoms with Crippen LogP contribution in [0.5, 0.6) is 0 Å². The minimum Gasteiger partial charge on any atom is -0.432 e. The number of nitrogens with one attached hydrogen (secondary N) is 2. The van der Waals surface area contributed by atoms with E-state index < -0.39 is 10.0 Å². The molecular weight excluding hydrogens is 571 g/mol. The van der Waals surface area contributed by atoms with Crippen LogP contribution in [-0.2, 0) is 19.6 Å². The molecule has 214 valence electrons. The number of aryl methyl sites for hydroxylation is 1. The molecule has 41 heavy (non-hydrogen) atoms. The first-order chi connectivity index (χ1) is 19.7. The van der Waals surface area contributed by atoms with Gasteiger partial charge in [0.15, 0.2) is 9.34 Å². The van der Waals surface area contributed by atoms with Crippen LogP contribution in [0.2, 0.25) is 0 Å². The molecule has 2 aromatic heterocycles. The summed E-state index contributed by atoms with van der Waals surface area (Å²) in [4.78, 5) is 31.3. The van der Waals surface area contributed by atoms with Crippen LogP contribution in [0.3, 0.4) is 0 Å². The first-order valence-corrected chi connectivity index (χ1v) is 15.2. The van der Waals surface area contributed by atoms with Crippen molar-refractivity contribution in [2.24, 2.45) is 4.99 Å². The topological polar surface area (TPSA) is 142 Å². The van der Waals surface area contributed by atoms with Crippen molar-refractivity contribution in [3.63, 3.8) is 0 Å². The van der Waals surface area contributed by atoms with E-state index >= 15 is 0 Å². The average Bonchev–Trinajstić information content (AvgIpc) is 3.64. The number of halogens is 1. The zero-order valence-electron chi connectivity index (χ0n) is 22.2. The molecule has 2 atom stereocenters. The molecule has 1 fully saturated rings. The van der Waals surface area contributed by atoms with Crippen LogP contribution < -0.4 is 10.6 Å². The number of hydrogen-bond donors (Lipinski definition) is 2. The molecule has 3 aliphatic heterocycles. The first-order valence-electron chi connectivity index (χ1n) is 13.0. The van der Waals surface area contributed by atoms with E-state index in [9.17, 15) is 17.6 Å². The summed E-state index contributed by atoms with van der Waals surface area (Å²) in [6, 6.07) is 7.80. The van der Waals surface area contributed by atoms with Crippen LogP contribution in [0.4, 0.5) is 15.5 Å². The second-order valence-corrected chi connectivity index (χ2v) is 13.0. The van der Waals surface area contributed by atoms with Crippen LogP contribution in [0.15, 0.2) is 58.2 Å². The van der Waals surface area contributed by atoms with E-state index in [2.05, 4.69) is 20.6 Å². The molecule has 2 N–H and O–H groups in total. The van der Waals surface area contributed by atoms with Crippen LogP contribution in [0.25, 0.3) is 0 Å². The quantitative estimate of drug-likeness (QED) is 0.417. The molecule has 1 aromatic carbocycles. The third-order valence-electron chi connectivity index (χ3n) is 7.05. The van der Waals surface area contributed by atoms with Crippen molar-refractivity contribution in [2.45, 2.75) is 49.0 Å². The molecule has 1 saturated heterocycles. The molecule has 15 heteroatoms. The third-order valence-corrected chi connectivity index (χ3v) is 10.6. The predicted octanol–water partition coefficient (Wildman–Crippen LogP) is 3.56. The number of amides is 1. The normalized spacial score (nSPS) is 21.0. The fraction of sp³-hybridized carbons (Fsp3) is 0.346. The number of carbonyl (C=O) groups is 1. The van der Waals surface area contributed by atoms with Gasteiger partial charge >= 0.3 is 0 Å². The molecule has 5 heterocycles. The summed E-state index contributed by atoms with van der Waals surface area (Å²) in [5.41, 5.74) is 1.90. The van der Waals surface area contributed by atoms with Crippen molar-refractivity contribution in [3.8, 4) is 0 Å². The number of sulfonamides is 1. The molecular formula is C26H27FN8O4S2. The Balaban J connectivity index is 1.14. The highest BCUT2D eigenvalue weighted by Crippen LogP contribution is 2.43. The molecule has 0 radical (unpaired) electrons. The molecule has 6 rings (SSSR count). The number of rotatable bonds is 7. The number of ether oxygens (including phenoxy) is 1. The number of fused-ring (bicyclic) bond motifs is 1. The Morgan fingerprint density at radius 2 is 1.90 bits per heavy atom. The second kappa shape index (κ2) is 10.8. The van der Waals surface area contributed by atoms with E-state index in [1.807, 2.05) is 11.0 Å². The van der Waals surface area contributed by atoms with Gasteiger partial charge in [0.05, 0.1) is 11.4 Å². The van der Waals surface area contributed by atoms with E-state index in [0.717, 1.165) is 16.9 Å². The summed E-state index contributed by atoms with van der Waals surface area (Å²) < 4.78 is 47.3. The fourth-order valence-corrected chi connectivity index (χ4v) is 8.19. The van der Waals surface area contributed by atoms with Gasteiger partial charge in [0.1, 0.15) is 24.2 Å². The number of benzene rings is 1. The lowest BCUT2D eigenvalue weighted by atomic mass is 9.97. The minimum atomic E-state index is -3.75. The molecule has 1 amide bonds. The van der Waals surface area contributed by atoms with E-state index in [0.29, 0.717) is 49.3 Å².